The molecule has 1 N–H and O–H groups in total. The monoisotopic (exact) mass is 499 g/mol. The van der Waals surface area contributed by atoms with Gasteiger partial charge < -0.3 is 5.32 Å². The van der Waals surface area contributed by atoms with Gasteiger partial charge in [0, 0.05) is 23.7 Å². The summed E-state index contributed by atoms with van der Waals surface area (Å²) >= 11 is 6.70. The minimum Gasteiger partial charge on any atom is -0.315 e. The molecule has 9 heteroatoms. The van der Waals surface area contributed by atoms with Crippen molar-refractivity contribution in [3.63, 3.8) is 0 Å². The summed E-state index contributed by atoms with van der Waals surface area (Å²) in [4.78, 5) is 20.6. The largest absolute Gasteiger partial charge is 0.315 e. The second-order valence-corrected chi connectivity index (χ2v) is 9.36. The van der Waals surface area contributed by atoms with Crippen LogP contribution in [0.4, 0.5) is 5.82 Å². The number of carbonyl (C=O) groups is 1. The third-order valence-electron chi connectivity index (χ3n) is 6.55. The molecule has 182 valence electrons. The number of halogens is 1. The number of benzene rings is 2. The molecular weight excluding hydrogens is 474 g/mol. The number of pyridine rings is 1. The molecule has 1 fully saturated rings. The van der Waals surface area contributed by atoms with Crippen molar-refractivity contribution in [2.24, 2.45) is 0 Å². The summed E-state index contributed by atoms with van der Waals surface area (Å²) in [7, 11) is 0. The number of carbonyl (C=O) groups excluding carboxylic acids is 1. The fraction of sp³-hybridized carbons (Fsp3) is 0.296. The molecular formula is C27H26ClN7O. The van der Waals surface area contributed by atoms with E-state index in [1.807, 2.05) is 42.2 Å². The zero-order valence-electron chi connectivity index (χ0n) is 20.0. The average molecular weight is 500 g/mol. The summed E-state index contributed by atoms with van der Waals surface area (Å²) in [6.07, 6.45) is 5.74. The molecule has 4 aromatic rings. The van der Waals surface area contributed by atoms with Gasteiger partial charge in [-0.25, -0.2) is 4.98 Å². The number of hydrogen-bond donors (Lipinski definition) is 1. The van der Waals surface area contributed by atoms with Crippen LogP contribution in [0.3, 0.4) is 0 Å². The summed E-state index contributed by atoms with van der Waals surface area (Å²) in [5, 5.41) is 22.8. The maximum atomic E-state index is 14.1. The SMILES string of the molecule is Cc1cccc2ccnc(N(C(=O)c3ccc(-c4cn(CCC#N)nn4)cc3Cl)[C@@H]3CCCNC3)c12. The molecule has 0 spiro atoms. The molecule has 5 rings (SSSR count). The molecule has 1 atom stereocenters. The molecule has 8 nitrogen and oxygen atoms in total. The standard InChI is InChI=1S/C27H26ClN7O/c1-18-5-2-6-19-10-13-31-26(25(18)19)35(21-7-3-12-30-16-21)27(36)22-9-8-20(15-23(22)28)24-17-34(33-32-24)14-4-11-29/h2,5-6,8-10,13,15,17,21,30H,3-4,7,12,14,16H2,1H3/t21-/m1/s1. The van der Waals surface area contributed by atoms with Crippen LogP contribution in [0.2, 0.25) is 5.02 Å². The minimum atomic E-state index is -0.179. The summed E-state index contributed by atoms with van der Waals surface area (Å²) in [6, 6.07) is 15.4. The number of hydrogen-bond acceptors (Lipinski definition) is 6. The van der Waals surface area contributed by atoms with Crippen molar-refractivity contribution in [3.05, 3.63) is 71.0 Å². The van der Waals surface area contributed by atoms with E-state index >= 15 is 0 Å². The highest BCUT2D eigenvalue weighted by Gasteiger charge is 2.31. The number of nitriles is 1. The van der Waals surface area contributed by atoms with Gasteiger partial charge in [-0.15, -0.1) is 5.10 Å². The van der Waals surface area contributed by atoms with E-state index in [0.29, 0.717) is 41.6 Å². The zero-order chi connectivity index (χ0) is 25.1. The average Bonchev–Trinajstić information content (AvgIpc) is 3.37. The normalized spacial score (nSPS) is 15.5. The molecule has 1 aliphatic heterocycles. The molecule has 0 saturated carbocycles. The van der Waals surface area contributed by atoms with Crippen LogP contribution in [0.25, 0.3) is 22.0 Å². The first-order chi connectivity index (χ1) is 17.6. The molecule has 0 unspecified atom stereocenters. The van der Waals surface area contributed by atoms with Crippen LogP contribution < -0.4 is 10.2 Å². The maximum Gasteiger partial charge on any atom is 0.261 e. The molecule has 1 aliphatic rings. The van der Waals surface area contributed by atoms with Gasteiger partial charge in [-0.05, 0) is 55.5 Å². The minimum absolute atomic E-state index is 0.0419. The lowest BCUT2D eigenvalue weighted by atomic mass is 10.0. The van der Waals surface area contributed by atoms with Gasteiger partial charge in [0.15, 0.2) is 0 Å². The van der Waals surface area contributed by atoms with E-state index in [0.717, 1.165) is 41.3 Å². The van der Waals surface area contributed by atoms with Crippen LogP contribution in [0.1, 0.15) is 35.2 Å². The highest BCUT2D eigenvalue weighted by molar-refractivity contribution is 6.35. The lowest BCUT2D eigenvalue weighted by Gasteiger charge is -2.35. The molecule has 3 heterocycles. The second-order valence-electron chi connectivity index (χ2n) is 8.95. The van der Waals surface area contributed by atoms with Crippen molar-refractivity contribution < 1.29 is 4.79 Å². The fourth-order valence-electron chi connectivity index (χ4n) is 4.74. The first kappa shape index (κ1) is 23.9. The van der Waals surface area contributed by atoms with Crippen LogP contribution in [-0.4, -0.2) is 45.0 Å². The Kier molecular flexibility index (Phi) is 6.94. The lowest BCUT2D eigenvalue weighted by Crippen LogP contribution is -2.49. The molecule has 0 bridgehead atoms. The van der Waals surface area contributed by atoms with E-state index in [-0.39, 0.29) is 11.9 Å². The Bertz CT molecular complexity index is 1450. The number of anilines is 1. The smallest absolute Gasteiger partial charge is 0.261 e. The number of nitrogens with zero attached hydrogens (tertiary/aromatic N) is 6. The number of amides is 1. The van der Waals surface area contributed by atoms with E-state index in [1.54, 1.807) is 29.2 Å². The van der Waals surface area contributed by atoms with Crippen molar-refractivity contribution in [2.75, 3.05) is 18.0 Å². The number of aromatic nitrogens is 4. The molecule has 2 aromatic carbocycles. The third-order valence-corrected chi connectivity index (χ3v) is 6.86. The quantitative estimate of drug-likeness (QED) is 0.410. The molecule has 1 saturated heterocycles. The van der Waals surface area contributed by atoms with Gasteiger partial charge in [0.1, 0.15) is 11.5 Å². The van der Waals surface area contributed by atoms with Crippen molar-refractivity contribution in [1.82, 2.24) is 25.3 Å². The van der Waals surface area contributed by atoms with Crippen LogP contribution in [0, 0.1) is 18.3 Å². The molecule has 2 aromatic heterocycles. The van der Waals surface area contributed by atoms with Crippen LogP contribution in [-0.2, 0) is 6.54 Å². The van der Waals surface area contributed by atoms with E-state index in [2.05, 4.69) is 21.7 Å². The molecule has 1 amide bonds. The second kappa shape index (κ2) is 10.4. The highest BCUT2D eigenvalue weighted by atomic mass is 35.5. The van der Waals surface area contributed by atoms with Crippen LogP contribution >= 0.6 is 11.6 Å². The Hall–Kier alpha value is -3.80. The van der Waals surface area contributed by atoms with Crippen molar-refractivity contribution >= 4 is 34.1 Å². The Morgan fingerprint density at radius 3 is 2.97 bits per heavy atom. The van der Waals surface area contributed by atoms with Crippen LogP contribution in [0.5, 0.6) is 0 Å². The lowest BCUT2D eigenvalue weighted by molar-refractivity contribution is 0.0972. The Labute approximate surface area is 214 Å². The highest BCUT2D eigenvalue weighted by Crippen LogP contribution is 2.33. The van der Waals surface area contributed by atoms with E-state index < -0.39 is 0 Å². The first-order valence-corrected chi connectivity index (χ1v) is 12.4. The number of rotatable bonds is 6. The van der Waals surface area contributed by atoms with Gasteiger partial charge in [-0.3, -0.25) is 14.4 Å². The summed E-state index contributed by atoms with van der Waals surface area (Å²) in [6.45, 7) is 4.14. The molecule has 0 aliphatic carbocycles. The van der Waals surface area contributed by atoms with Gasteiger partial charge in [0.25, 0.3) is 5.91 Å². The van der Waals surface area contributed by atoms with Gasteiger partial charge in [-0.1, -0.05) is 41.1 Å². The first-order valence-electron chi connectivity index (χ1n) is 12.0. The number of piperidine rings is 1. The van der Waals surface area contributed by atoms with Gasteiger partial charge in [0.2, 0.25) is 0 Å². The molecule has 0 radical (unpaired) electrons. The fourth-order valence-corrected chi connectivity index (χ4v) is 5.00. The Morgan fingerprint density at radius 2 is 2.19 bits per heavy atom. The van der Waals surface area contributed by atoms with Crippen LogP contribution in [0.15, 0.2) is 54.9 Å². The van der Waals surface area contributed by atoms with Gasteiger partial charge in [-0.2, -0.15) is 5.26 Å². The van der Waals surface area contributed by atoms with Gasteiger partial charge >= 0.3 is 0 Å². The number of aryl methyl sites for hydroxylation is 2. The Balaban J connectivity index is 1.53. The Morgan fingerprint density at radius 1 is 1.31 bits per heavy atom. The maximum absolute atomic E-state index is 14.1. The van der Waals surface area contributed by atoms with E-state index in [9.17, 15) is 4.79 Å². The summed E-state index contributed by atoms with van der Waals surface area (Å²) < 4.78 is 1.62. The topological polar surface area (TPSA) is 99.7 Å². The predicted octanol–water partition coefficient (Wildman–Crippen LogP) is 4.77. The third kappa shape index (κ3) is 4.68. The van der Waals surface area contributed by atoms with E-state index in [1.165, 1.54) is 0 Å². The number of fused-ring (bicyclic) bond motifs is 1. The van der Waals surface area contributed by atoms with Crippen molar-refractivity contribution in [2.45, 2.75) is 38.8 Å². The van der Waals surface area contributed by atoms with Crippen molar-refractivity contribution in [3.8, 4) is 17.3 Å². The van der Waals surface area contributed by atoms with E-state index in [4.69, 9.17) is 21.8 Å². The van der Waals surface area contributed by atoms with Gasteiger partial charge in [0.05, 0.1) is 41.9 Å². The summed E-state index contributed by atoms with van der Waals surface area (Å²) in [5.41, 5.74) is 2.87. The zero-order valence-corrected chi connectivity index (χ0v) is 20.7. The molecule has 36 heavy (non-hydrogen) atoms. The number of nitrogens with one attached hydrogen (secondary N) is 1. The summed E-state index contributed by atoms with van der Waals surface area (Å²) in [5.74, 6) is 0.478. The predicted molar refractivity (Wildman–Crippen MR) is 140 cm³/mol. The van der Waals surface area contributed by atoms with Crippen molar-refractivity contribution in [1.29, 1.82) is 5.26 Å².